The van der Waals surface area contributed by atoms with E-state index in [2.05, 4.69) is 0 Å². The molecule has 0 amide bonds. The van der Waals surface area contributed by atoms with Gasteiger partial charge in [0.25, 0.3) is 0 Å². The van der Waals surface area contributed by atoms with Crippen LogP contribution in [0.5, 0.6) is 0 Å². The third-order valence-corrected chi connectivity index (χ3v) is 0. The van der Waals surface area contributed by atoms with Crippen LogP contribution in [0.15, 0.2) is 0 Å². The van der Waals surface area contributed by atoms with Crippen LogP contribution in [-0.2, 0) is 57.6 Å². The molecule has 0 saturated heterocycles. The van der Waals surface area contributed by atoms with E-state index < -0.39 is 0 Å². The predicted octanol–water partition coefficient (Wildman–Crippen LogP) is -0.163. The Morgan fingerprint density at radius 3 is 1.25 bits per heavy atom. The molecule has 4 heteroatoms. The molecule has 0 unspecified atom stereocenters. The normalized spacial score (nSPS) is 0. The molecule has 0 aromatic heterocycles. The molecule has 23 valence electrons. The maximum absolute atomic E-state index is 0. The SMILES string of the molecule is [Cu].[H-].[H-].[Mg+2].[Mo].[Zn]. The zero-order valence-electron chi connectivity index (χ0n) is 4.12. The molecule has 0 nitrogen and oxygen atoms in total. The van der Waals surface area contributed by atoms with E-state index in [1.165, 1.54) is 0 Å². The molecule has 1 radical (unpaired) electrons. The molecule has 0 atom stereocenters. The maximum Gasteiger partial charge on any atom is 2.00 e. The fourth-order valence-corrected chi connectivity index (χ4v) is 0. The first-order chi connectivity index (χ1) is 0. The van der Waals surface area contributed by atoms with Gasteiger partial charge in [-0.05, 0) is 0 Å². The van der Waals surface area contributed by atoms with Crippen LogP contribution in [0.25, 0.3) is 0 Å². The van der Waals surface area contributed by atoms with E-state index in [9.17, 15) is 0 Å². The average molecular weight is 251 g/mol. The van der Waals surface area contributed by atoms with E-state index in [-0.39, 0.29) is 83.5 Å². The van der Waals surface area contributed by atoms with E-state index in [4.69, 9.17) is 0 Å². The first-order valence-corrected chi connectivity index (χ1v) is 0. The topological polar surface area (TPSA) is 0 Å². The zero-order chi connectivity index (χ0) is 0. The Hall–Kier alpha value is 2.60. The van der Waals surface area contributed by atoms with Gasteiger partial charge in [0.05, 0.1) is 0 Å². The molecule has 0 saturated carbocycles. The monoisotopic (exact) mass is 251 g/mol. The van der Waals surface area contributed by atoms with Crippen LogP contribution in [0, 0.1) is 0 Å². The van der Waals surface area contributed by atoms with E-state index in [0.29, 0.717) is 0 Å². The predicted molar refractivity (Wildman–Crippen MR) is 7.98 cm³/mol. The fourth-order valence-electron chi connectivity index (χ4n) is 0. The molecule has 0 N–H and O–H groups in total. The van der Waals surface area contributed by atoms with Crippen LogP contribution in [0.1, 0.15) is 2.85 Å². The van der Waals surface area contributed by atoms with Crippen molar-refractivity contribution in [2.75, 3.05) is 0 Å². The van der Waals surface area contributed by atoms with Crippen molar-refractivity contribution >= 4 is 23.1 Å². The smallest absolute Gasteiger partial charge is 1.00 e. The number of hydrogen-bond donors (Lipinski definition) is 0. The molecule has 0 aromatic rings. The van der Waals surface area contributed by atoms with E-state index in [0.717, 1.165) is 0 Å². The summed E-state index contributed by atoms with van der Waals surface area (Å²) >= 11 is 0. The number of rotatable bonds is 0. The van der Waals surface area contributed by atoms with Crippen molar-refractivity contribution in [3.63, 3.8) is 0 Å². The summed E-state index contributed by atoms with van der Waals surface area (Å²) in [6.45, 7) is 0. The minimum Gasteiger partial charge on any atom is -1.00 e. The first-order valence-electron chi connectivity index (χ1n) is 0. The third kappa shape index (κ3) is 8.82. The standard InChI is InChI=1S/Cu.Mg.Mo.Zn.2H/q;+2;;;2*-1. The summed E-state index contributed by atoms with van der Waals surface area (Å²) in [4.78, 5) is 0. The Morgan fingerprint density at radius 1 is 1.25 bits per heavy atom. The third-order valence-electron chi connectivity index (χ3n) is 0. The summed E-state index contributed by atoms with van der Waals surface area (Å²) in [5, 5.41) is 0. The fraction of sp³-hybridized carbons (Fsp3) is 0. The summed E-state index contributed by atoms with van der Waals surface area (Å²) in [6.07, 6.45) is 0. The van der Waals surface area contributed by atoms with Gasteiger partial charge in [0.1, 0.15) is 0 Å². The molecule has 0 fully saturated rings. The van der Waals surface area contributed by atoms with Gasteiger partial charge in [0, 0.05) is 57.6 Å². The Bertz CT molecular complexity index is 13.5. The second-order valence-electron chi connectivity index (χ2n) is 0. The van der Waals surface area contributed by atoms with Crippen molar-refractivity contribution in [3.05, 3.63) is 0 Å². The summed E-state index contributed by atoms with van der Waals surface area (Å²) in [5.74, 6) is 0. The summed E-state index contributed by atoms with van der Waals surface area (Å²) in [5.41, 5.74) is 0. The second-order valence-corrected chi connectivity index (χ2v) is 0. The van der Waals surface area contributed by atoms with Gasteiger partial charge in [-0.1, -0.05) is 0 Å². The van der Waals surface area contributed by atoms with Gasteiger partial charge in [-0.15, -0.1) is 0 Å². The van der Waals surface area contributed by atoms with Gasteiger partial charge in [-0.2, -0.15) is 0 Å². The van der Waals surface area contributed by atoms with Crippen LogP contribution in [0.2, 0.25) is 0 Å². The van der Waals surface area contributed by atoms with Gasteiger partial charge in [-0.25, -0.2) is 0 Å². The Kier molecular flexibility index (Phi) is 134. The zero-order valence-corrected chi connectivity index (χ0v) is 9.45. The van der Waals surface area contributed by atoms with E-state index in [1.807, 2.05) is 0 Å². The molecule has 0 aromatic carbocycles. The van der Waals surface area contributed by atoms with Crippen molar-refractivity contribution in [2.24, 2.45) is 0 Å². The van der Waals surface area contributed by atoms with Crippen LogP contribution < -0.4 is 0 Å². The quantitative estimate of drug-likeness (QED) is 0.525. The molecule has 0 heterocycles. The van der Waals surface area contributed by atoms with Crippen LogP contribution >= 0.6 is 0 Å². The molecule has 0 aliphatic rings. The molecular weight excluding hydrogens is 249 g/mol. The van der Waals surface area contributed by atoms with Crippen molar-refractivity contribution in [1.82, 2.24) is 0 Å². The van der Waals surface area contributed by atoms with Gasteiger partial charge in [0.2, 0.25) is 0 Å². The molecule has 0 spiro atoms. The minimum atomic E-state index is 0. The minimum absolute atomic E-state index is 0. The molecule has 0 aliphatic heterocycles. The van der Waals surface area contributed by atoms with E-state index in [1.54, 1.807) is 0 Å². The van der Waals surface area contributed by atoms with Gasteiger partial charge < -0.3 is 2.85 Å². The largest absolute Gasteiger partial charge is 2.00 e. The van der Waals surface area contributed by atoms with Crippen LogP contribution in [0.3, 0.4) is 0 Å². The Labute approximate surface area is 82.5 Å². The molecule has 0 rings (SSSR count). The van der Waals surface area contributed by atoms with Crippen LogP contribution in [-0.4, -0.2) is 23.1 Å². The molecule has 0 bridgehead atoms. The molecule has 0 aliphatic carbocycles. The van der Waals surface area contributed by atoms with Crippen LogP contribution in [0.4, 0.5) is 0 Å². The van der Waals surface area contributed by atoms with E-state index >= 15 is 0 Å². The number of hydrogen-bond acceptors (Lipinski definition) is 0. The summed E-state index contributed by atoms with van der Waals surface area (Å²) in [7, 11) is 0. The summed E-state index contributed by atoms with van der Waals surface area (Å²) in [6, 6.07) is 0. The average Bonchev–Trinajstić information content (AvgIpc) is 0. The Balaban J connectivity index is 0. The van der Waals surface area contributed by atoms with Crippen molar-refractivity contribution in [2.45, 2.75) is 0 Å². The molecular formula is H2CuMgMoZn. The second kappa shape index (κ2) is 17.5. The van der Waals surface area contributed by atoms with Gasteiger partial charge >= 0.3 is 23.1 Å². The van der Waals surface area contributed by atoms with Crippen molar-refractivity contribution in [3.8, 4) is 0 Å². The van der Waals surface area contributed by atoms with Gasteiger partial charge in [-0.3, -0.25) is 0 Å². The van der Waals surface area contributed by atoms with Crippen molar-refractivity contribution < 1.29 is 60.5 Å². The Morgan fingerprint density at radius 2 is 1.25 bits per heavy atom. The maximum atomic E-state index is 0. The molecule has 4 heavy (non-hydrogen) atoms. The van der Waals surface area contributed by atoms with Gasteiger partial charge in [0.15, 0.2) is 0 Å². The summed E-state index contributed by atoms with van der Waals surface area (Å²) < 4.78 is 0. The first kappa shape index (κ1) is 30.6. The van der Waals surface area contributed by atoms with Crippen molar-refractivity contribution in [1.29, 1.82) is 0 Å².